The summed E-state index contributed by atoms with van der Waals surface area (Å²) in [6.45, 7) is 3.62. The molecule has 1 fully saturated rings. The molecule has 1 aliphatic heterocycles. The van der Waals surface area contributed by atoms with E-state index in [4.69, 9.17) is 16.3 Å². The van der Waals surface area contributed by atoms with Crippen molar-refractivity contribution in [3.63, 3.8) is 0 Å². The number of halogens is 1. The van der Waals surface area contributed by atoms with Crippen molar-refractivity contribution in [1.82, 2.24) is 10.2 Å². The summed E-state index contributed by atoms with van der Waals surface area (Å²) < 4.78 is 5.34. The first-order chi connectivity index (χ1) is 12.9. The van der Waals surface area contributed by atoms with Gasteiger partial charge in [0.2, 0.25) is 0 Å². The normalized spacial score (nSPS) is 19.1. The highest BCUT2D eigenvalue weighted by molar-refractivity contribution is 6.32. The van der Waals surface area contributed by atoms with Gasteiger partial charge in [0.25, 0.3) is 5.91 Å². The number of carbonyl (C=O) groups is 3. The van der Waals surface area contributed by atoms with Crippen LogP contribution in [0.15, 0.2) is 48.5 Å². The number of ether oxygens (including phenoxy) is 1. The number of hydrogen-bond donors (Lipinski definition) is 1. The summed E-state index contributed by atoms with van der Waals surface area (Å²) in [6.07, 6.45) is 0. The number of imide groups is 1. The molecular formula is C20H19ClN2O4. The third-order valence-corrected chi connectivity index (χ3v) is 4.81. The number of nitrogens with one attached hydrogen (secondary N) is 1. The van der Waals surface area contributed by atoms with E-state index in [1.54, 1.807) is 55.5 Å². The second-order valence-electron chi connectivity index (χ2n) is 6.31. The van der Waals surface area contributed by atoms with Crippen molar-refractivity contribution in [3.05, 3.63) is 64.7 Å². The van der Waals surface area contributed by atoms with Crippen LogP contribution in [0.4, 0.5) is 4.79 Å². The van der Waals surface area contributed by atoms with Crippen LogP contribution in [-0.2, 0) is 10.3 Å². The molecule has 1 N–H and O–H groups in total. The van der Waals surface area contributed by atoms with Crippen LogP contribution in [0.1, 0.15) is 29.8 Å². The van der Waals surface area contributed by atoms with Crippen LogP contribution in [0.3, 0.4) is 0 Å². The second kappa shape index (κ2) is 7.40. The van der Waals surface area contributed by atoms with Crippen LogP contribution in [0.5, 0.6) is 5.75 Å². The molecule has 6 nitrogen and oxygen atoms in total. The van der Waals surface area contributed by atoms with Gasteiger partial charge in [-0.25, -0.2) is 4.79 Å². The molecule has 1 atom stereocenters. The summed E-state index contributed by atoms with van der Waals surface area (Å²) in [5, 5.41) is 3.02. The first kappa shape index (κ1) is 18.9. The molecule has 0 radical (unpaired) electrons. The molecule has 3 rings (SSSR count). The minimum absolute atomic E-state index is 0.343. The quantitative estimate of drug-likeness (QED) is 0.610. The molecule has 0 spiro atoms. The van der Waals surface area contributed by atoms with E-state index in [1.807, 2.05) is 6.92 Å². The number of ketones is 1. The molecule has 0 unspecified atom stereocenters. The van der Waals surface area contributed by atoms with Crippen LogP contribution in [-0.4, -0.2) is 35.8 Å². The molecule has 1 saturated heterocycles. The third-order valence-electron chi connectivity index (χ3n) is 4.48. The molecule has 0 aromatic heterocycles. The van der Waals surface area contributed by atoms with Crippen LogP contribution in [0.2, 0.25) is 5.02 Å². The van der Waals surface area contributed by atoms with E-state index in [0.717, 1.165) is 4.90 Å². The maximum atomic E-state index is 12.9. The van der Waals surface area contributed by atoms with Crippen LogP contribution in [0, 0.1) is 0 Å². The highest BCUT2D eigenvalue weighted by Gasteiger charge is 2.50. The minimum atomic E-state index is -1.31. The van der Waals surface area contributed by atoms with Gasteiger partial charge in [-0.2, -0.15) is 0 Å². The van der Waals surface area contributed by atoms with E-state index in [-0.39, 0.29) is 12.3 Å². The van der Waals surface area contributed by atoms with Gasteiger partial charge in [0.15, 0.2) is 5.78 Å². The monoisotopic (exact) mass is 386 g/mol. The molecule has 2 aromatic rings. The lowest BCUT2D eigenvalue weighted by molar-refractivity contribution is -0.130. The van der Waals surface area contributed by atoms with Gasteiger partial charge in [-0.05, 0) is 44.2 Å². The predicted molar refractivity (Wildman–Crippen MR) is 101 cm³/mol. The first-order valence-electron chi connectivity index (χ1n) is 8.52. The lowest BCUT2D eigenvalue weighted by atomic mass is 9.92. The highest BCUT2D eigenvalue weighted by Crippen LogP contribution is 2.33. The molecule has 1 aliphatic rings. The van der Waals surface area contributed by atoms with Crippen LogP contribution in [0.25, 0.3) is 0 Å². The fourth-order valence-electron chi connectivity index (χ4n) is 3.03. The summed E-state index contributed by atoms with van der Waals surface area (Å²) in [5.74, 6) is -0.208. The SMILES string of the molecule is CCOc1ccc(C(=O)CN2C(=O)N[C@@](C)(c3ccccc3Cl)C2=O)cc1. The molecule has 3 amide bonds. The van der Waals surface area contributed by atoms with Gasteiger partial charge in [-0.15, -0.1) is 0 Å². The minimum Gasteiger partial charge on any atom is -0.494 e. The number of amides is 3. The zero-order valence-corrected chi connectivity index (χ0v) is 15.7. The maximum Gasteiger partial charge on any atom is 0.325 e. The van der Waals surface area contributed by atoms with Crippen molar-refractivity contribution in [2.75, 3.05) is 13.2 Å². The number of rotatable bonds is 6. The summed E-state index contributed by atoms with van der Waals surface area (Å²) in [4.78, 5) is 38.7. The Morgan fingerprint density at radius 2 is 1.81 bits per heavy atom. The molecule has 0 bridgehead atoms. The average Bonchev–Trinajstić information content (AvgIpc) is 2.87. The number of Topliss-reactive ketones (excluding diaryl/α,β-unsaturated/α-hetero) is 1. The number of nitrogens with zero attached hydrogens (tertiary/aromatic N) is 1. The maximum absolute atomic E-state index is 12.9. The molecule has 0 aliphatic carbocycles. The standard InChI is InChI=1S/C20H19ClN2O4/c1-3-27-14-10-8-13(9-11-14)17(24)12-23-18(25)20(2,22-19(23)26)15-6-4-5-7-16(15)21/h4-11H,3,12H2,1-2H3,(H,22,26)/t20-/m0/s1. The largest absolute Gasteiger partial charge is 0.494 e. The Morgan fingerprint density at radius 3 is 2.44 bits per heavy atom. The van der Waals surface area contributed by atoms with Crippen molar-refractivity contribution in [2.45, 2.75) is 19.4 Å². The summed E-state index contributed by atoms with van der Waals surface area (Å²) in [5.41, 5.74) is -0.430. The number of hydrogen-bond acceptors (Lipinski definition) is 4. The van der Waals surface area contributed by atoms with Gasteiger partial charge in [-0.1, -0.05) is 29.8 Å². The molecule has 27 heavy (non-hydrogen) atoms. The molecule has 7 heteroatoms. The number of carbonyl (C=O) groups excluding carboxylic acids is 3. The topological polar surface area (TPSA) is 75.7 Å². The zero-order valence-electron chi connectivity index (χ0n) is 15.0. The Morgan fingerprint density at radius 1 is 1.15 bits per heavy atom. The van der Waals surface area contributed by atoms with Crippen LogP contribution < -0.4 is 10.1 Å². The van der Waals surface area contributed by atoms with E-state index in [2.05, 4.69) is 5.32 Å². The summed E-state index contributed by atoms with van der Waals surface area (Å²) >= 11 is 6.20. The van der Waals surface area contributed by atoms with Gasteiger partial charge in [0, 0.05) is 16.1 Å². The van der Waals surface area contributed by atoms with Gasteiger partial charge in [0.05, 0.1) is 13.2 Å². The molecule has 1 heterocycles. The van der Waals surface area contributed by atoms with Crippen LogP contribution >= 0.6 is 11.6 Å². The van der Waals surface area contributed by atoms with Crippen molar-refractivity contribution in [2.24, 2.45) is 0 Å². The number of benzene rings is 2. The van der Waals surface area contributed by atoms with Gasteiger partial charge in [0.1, 0.15) is 11.3 Å². The highest BCUT2D eigenvalue weighted by atomic mass is 35.5. The Bertz CT molecular complexity index is 897. The number of urea groups is 1. The van der Waals surface area contributed by atoms with Gasteiger partial charge < -0.3 is 10.1 Å². The summed E-state index contributed by atoms with van der Waals surface area (Å²) in [7, 11) is 0. The van der Waals surface area contributed by atoms with E-state index in [1.165, 1.54) is 0 Å². The Labute approximate surface area is 162 Å². The van der Waals surface area contributed by atoms with Crippen molar-refractivity contribution in [1.29, 1.82) is 0 Å². The zero-order chi connectivity index (χ0) is 19.6. The predicted octanol–water partition coefficient (Wildman–Crippen LogP) is 3.39. The van der Waals surface area contributed by atoms with E-state index in [9.17, 15) is 14.4 Å². The average molecular weight is 387 g/mol. The molecule has 0 saturated carbocycles. The molecule has 140 valence electrons. The molecular weight excluding hydrogens is 368 g/mol. The molecule has 2 aromatic carbocycles. The fraction of sp³-hybridized carbons (Fsp3) is 0.250. The van der Waals surface area contributed by atoms with E-state index >= 15 is 0 Å². The van der Waals surface area contributed by atoms with Gasteiger partial charge >= 0.3 is 6.03 Å². The van der Waals surface area contributed by atoms with Crippen molar-refractivity contribution >= 4 is 29.3 Å². The Kier molecular flexibility index (Phi) is 5.19. The fourth-order valence-corrected chi connectivity index (χ4v) is 3.35. The summed E-state index contributed by atoms with van der Waals surface area (Å²) in [6, 6.07) is 12.8. The van der Waals surface area contributed by atoms with Crippen molar-refractivity contribution in [3.8, 4) is 5.75 Å². The smallest absolute Gasteiger partial charge is 0.325 e. The van der Waals surface area contributed by atoms with Crippen molar-refractivity contribution < 1.29 is 19.1 Å². The van der Waals surface area contributed by atoms with E-state index < -0.39 is 17.5 Å². The lowest BCUT2D eigenvalue weighted by Gasteiger charge is -2.23. The Hall–Kier alpha value is -2.86. The first-order valence-corrected chi connectivity index (χ1v) is 8.89. The van der Waals surface area contributed by atoms with E-state index in [0.29, 0.717) is 28.5 Å². The van der Waals surface area contributed by atoms with Gasteiger partial charge in [-0.3, -0.25) is 14.5 Å². The Balaban J connectivity index is 1.79. The lowest BCUT2D eigenvalue weighted by Crippen LogP contribution is -2.41. The second-order valence-corrected chi connectivity index (χ2v) is 6.71. The third kappa shape index (κ3) is 3.53.